The van der Waals surface area contributed by atoms with Crippen LogP contribution in [-0.2, 0) is 4.79 Å². The highest BCUT2D eigenvalue weighted by atomic mass is 16.1. The Hall–Kier alpha value is -0.570. The predicted octanol–water partition coefficient (Wildman–Crippen LogP) is 1.37. The van der Waals surface area contributed by atoms with E-state index in [1.165, 1.54) is 19.3 Å². The van der Waals surface area contributed by atoms with E-state index in [-0.39, 0.29) is 5.91 Å². The highest BCUT2D eigenvalue weighted by molar-refractivity contribution is 5.73. The van der Waals surface area contributed by atoms with E-state index in [1.807, 2.05) is 0 Å². The molecule has 0 bridgehead atoms. The highest BCUT2D eigenvalue weighted by Crippen LogP contribution is 1.98. The Morgan fingerprint density at radius 2 is 1.92 bits per heavy atom. The summed E-state index contributed by atoms with van der Waals surface area (Å²) in [5, 5.41) is 0. The molecule has 0 unspecified atom stereocenters. The Morgan fingerprint density at radius 1 is 1.23 bits per heavy atom. The van der Waals surface area contributed by atoms with Gasteiger partial charge in [0.2, 0.25) is 5.91 Å². The van der Waals surface area contributed by atoms with Crippen molar-refractivity contribution in [2.24, 2.45) is 5.73 Å². The SMILES string of the molecule is CCCCCN(CC)CCC(N)=O. The van der Waals surface area contributed by atoms with Crippen molar-refractivity contribution in [2.45, 2.75) is 39.5 Å². The first kappa shape index (κ1) is 12.4. The molecule has 3 nitrogen and oxygen atoms in total. The van der Waals surface area contributed by atoms with E-state index in [9.17, 15) is 4.79 Å². The van der Waals surface area contributed by atoms with Crippen LogP contribution in [0.4, 0.5) is 0 Å². The monoisotopic (exact) mass is 186 g/mol. The quantitative estimate of drug-likeness (QED) is 0.582. The second-order valence-electron chi connectivity index (χ2n) is 3.36. The van der Waals surface area contributed by atoms with Crippen molar-refractivity contribution in [3.05, 3.63) is 0 Å². The molecule has 0 aromatic carbocycles. The van der Waals surface area contributed by atoms with Crippen LogP contribution in [0.5, 0.6) is 0 Å². The van der Waals surface area contributed by atoms with Crippen LogP contribution < -0.4 is 5.73 Å². The average Bonchev–Trinajstić information content (AvgIpc) is 2.10. The molecule has 0 aliphatic carbocycles. The molecule has 13 heavy (non-hydrogen) atoms. The molecule has 1 amide bonds. The third-order valence-electron chi connectivity index (χ3n) is 2.20. The van der Waals surface area contributed by atoms with E-state index in [4.69, 9.17) is 5.73 Å². The van der Waals surface area contributed by atoms with Crippen LogP contribution in [0.2, 0.25) is 0 Å². The number of carbonyl (C=O) groups is 1. The second kappa shape index (κ2) is 8.05. The van der Waals surface area contributed by atoms with E-state index in [0.29, 0.717) is 6.42 Å². The maximum absolute atomic E-state index is 10.5. The molecular formula is C10H22N2O. The lowest BCUT2D eigenvalue weighted by atomic mass is 10.2. The largest absolute Gasteiger partial charge is 0.370 e. The molecule has 0 aromatic rings. The van der Waals surface area contributed by atoms with Crippen LogP contribution in [0.1, 0.15) is 39.5 Å². The number of hydrogen-bond donors (Lipinski definition) is 1. The molecule has 0 heterocycles. The Bertz CT molecular complexity index is 137. The molecule has 0 saturated carbocycles. The van der Waals surface area contributed by atoms with E-state index < -0.39 is 0 Å². The molecule has 3 heteroatoms. The van der Waals surface area contributed by atoms with Gasteiger partial charge in [-0.05, 0) is 19.5 Å². The normalized spacial score (nSPS) is 10.7. The zero-order chi connectivity index (χ0) is 10.1. The number of unbranched alkanes of at least 4 members (excludes halogenated alkanes) is 2. The van der Waals surface area contributed by atoms with E-state index in [2.05, 4.69) is 18.7 Å². The van der Waals surface area contributed by atoms with Gasteiger partial charge in [0.1, 0.15) is 0 Å². The van der Waals surface area contributed by atoms with Gasteiger partial charge in [-0.1, -0.05) is 26.7 Å². The molecule has 78 valence electrons. The minimum Gasteiger partial charge on any atom is -0.370 e. The summed E-state index contributed by atoms with van der Waals surface area (Å²) in [5.74, 6) is -0.200. The number of primary amides is 1. The fraction of sp³-hybridized carbons (Fsp3) is 0.900. The van der Waals surface area contributed by atoms with Crippen LogP contribution in [0.25, 0.3) is 0 Å². The third-order valence-corrected chi connectivity index (χ3v) is 2.20. The summed E-state index contributed by atoms with van der Waals surface area (Å²) in [7, 11) is 0. The van der Waals surface area contributed by atoms with Gasteiger partial charge in [-0.3, -0.25) is 4.79 Å². The minimum absolute atomic E-state index is 0.200. The second-order valence-corrected chi connectivity index (χ2v) is 3.36. The Balaban J connectivity index is 3.45. The van der Waals surface area contributed by atoms with Crippen molar-refractivity contribution in [3.63, 3.8) is 0 Å². The van der Waals surface area contributed by atoms with E-state index in [0.717, 1.165) is 19.6 Å². The van der Waals surface area contributed by atoms with Gasteiger partial charge in [0, 0.05) is 13.0 Å². The van der Waals surface area contributed by atoms with Crippen LogP contribution >= 0.6 is 0 Å². The molecule has 0 aliphatic rings. The van der Waals surface area contributed by atoms with Crippen LogP contribution in [0, 0.1) is 0 Å². The number of amides is 1. The van der Waals surface area contributed by atoms with E-state index >= 15 is 0 Å². The fourth-order valence-electron chi connectivity index (χ4n) is 1.28. The number of rotatable bonds is 8. The van der Waals surface area contributed by atoms with Crippen molar-refractivity contribution >= 4 is 5.91 Å². The van der Waals surface area contributed by atoms with Gasteiger partial charge in [-0.25, -0.2) is 0 Å². The standard InChI is InChI=1S/C10H22N2O/c1-3-5-6-8-12(4-2)9-7-10(11)13/h3-9H2,1-2H3,(H2,11,13). The third kappa shape index (κ3) is 7.78. The maximum atomic E-state index is 10.5. The van der Waals surface area contributed by atoms with Crippen molar-refractivity contribution in [3.8, 4) is 0 Å². The summed E-state index contributed by atoms with van der Waals surface area (Å²) in [5.41, 5.74) is 5.08. The molecule has 0 fully saturated rings. The topological polar surface area (TPSA) is 46.3 Å². The van der Waals surface area contributed by atoms with Gasteiger partial charge in [-0.15, -0.1) is 0 Å². The van der Waals surface area contributed by atoms with Gasteiger partial charge in [0.05, 0.1) is 0 Å². The summed E-state index contributed by atoms with van der Waals surface area (Å²) in [6.45, 7) is 7.23. The molecule has 2 N–H and O–H groups in total. The molecule has 0 aromatic heterocycles. The fourth-order valence-corrected chi connectivity index (χ4v) is 1.28. The summed E-state index contributed by atoms with van der Waals surface area (Å²) in [4.78, 5) is 12.8. The summed E-state index contributed by atoms with van der Waals surface area (Å²) < 4.78 is 0. The number of hydrogen-bond acceptors (Lipinski definition) is 2. The lowest BCUT2D eigenvalue weighted by molar-refractivity contribution is -0.118. The Kier molecular flexibility index (Phi) is 7.69. The zero-order valence-electron chi connectivity index (χ0n) is 8.88. The van der Waals surface area contributed by atoms with Gasteiger partial charge in [0.15, 0.2) is 0 Å². The number of nitrogens with two attached hydrogens (primary N) is 1. The highest BCUT2D eigenvalue weighted by Gasteiger charge is 2.03. The smallest absolute Gasteiger partial charge is 0.218 e. The predicted molar refractivity (Wildman–Crippen MR) is 55.5 cm³/mol. The van der Waals surface area contributed by atoms with Gasteiger partial charge in [-0.2, -0.15) is 0 Å². The number of carbonyl (C=O) groups excluding carboxylic acids is 1. The Labute approximate surface area is 81.3 Å². The first-order chi connectivity index (χ1) is 6.20. The molecule has 0 radical (unpaired) electrons. The number of nitrogens with zero attached hydrogens (tertiary/aromatic N) is 1. The van der Waals surface area contributed by atoms with Gasteiger partial charge in [0.25, 0.3) is 0 Å². The summed E-state index contributed by atoms with van der Waals surface area (Å²) in [6, 6.07) is 0. The van der Waals surface area contributed by atoms with Crippen molar-refractivity contribution in [1.82, 2.24) is 4.90 Å². The molecule has 0 spiro atoms. The first-order valence-corrected chi connectivity index (χ1v) is 5.21. The summed E-state index contributed by atoms with van der Waals surface area (Å²) >= 11 is 0. The van der Waals surface area contributed by atoms with Crippen LogP contribution in [0.15, 0.2) is 0 Å². The molecule has 0 rings (SSSR count). The first-order valence-electron chi connectivity index (χ1n) is 5.21. The van der Waals surface area contributed by atoms with Crippen LogP contribution in [0.3, 0.4) is 0 Å². The molecular weight excluding hydrogens is 164 g/mol. The maximum Gasteiger partial charge on any atom is 0.218 e. The lowest BCUT2D eigenvalue weighted by Crippen LogP contribution is -2.28. The summed E-state index contributed by atoms with van der Waals surface area (Å²) in [6.07, 6.45) is 4.23. The van der Waals surface area contributed by atoms with Gasteiger partial charge >= 0.3 is 0 Å². The Morgan fingerprint density at radius 3 is 2.38 bits per heavy atom. The molecule has 0 atom stereocenters. The van der Waals surface area contributed by atoms with Gasteiger partial charge < -0.3 is 10.6 Å². The van der Waals surface area contributed by atoms with Crippen molar-refractivity contribution in [2.75, 3.05) is 19.6 Å². The lowest BCUT2D eigenvalue weighted by Gasteiger charge is -2.18. The van der Waals surface area contributed by atoms with Crippen molar-refractivity contribution in [1.29, 1.82) is 0 Å². The molecule has 0 saturated heterocycles. The minimum atomic E-state index is -0.200. The zero-order valence-corrected chi connectivity index (χ0v) is 8.88. The molecule has 0 aliphatic heterocycles. The van der Waals surface area contributed by atoms with Crippen molar-refractivity contribution < 1.29 is 4.79 Å². The van der Waals surface area contributed by atoms with E-state index in [1.54, 1.807) is 0 Å². The average molecular weight is 186 g/mol. The van der Waals surface area contributed by atoms with Crippen LogP contribution in [-0.4, -0.2) is 30.4 Å².